The molecule has 0 unspecified atom stereocenters. The van der Waals surface area contributed by atoms with E-state index in [0.29, 0.717) is 25.3 Å². The number of aliphatic hydroxyl groups excluding tert-OH is 1. The number of amides is 1. The molecule has 5 heteroatoms. The standard InChI is InChI=1S/C16H29NO4/c1-16(2,3)21-15(20)17-10-8-13(9-11-17)14(19)7-5-4-6-12-18/h13,18H,4-12H2,1-3H3. The number of Topliss-reactive ketones (excluding diaryl/α,β-unsaturated/α-hetero) is 1. The molecule has 5 nitrogen and oxygen atoms in total. The fourth-order valence-electron chi connectivity index (χ4n) is 2.50. The van der Waals surface area contributed by atoms with Gasteiger partial charge in [0.1, 0.15) is 11.4 Å². The van der Waals surface area contributed by atoms with Crippen molar-refractivity contribution < 1.29 is 19.4 Å². The van der Waals surface area contributed by atoms with Crippen molar-refractivity contribution in [2.45, 2.75) is 64.9 Å². The van der Waals surface area contributed by atoms with E-state index in [1.165, 1.54) is 0 Å². The van der Waals surface area contributed by atoms with Gasteiger partial charge in [-0.15, -0.1) is 0 Å². The van der Waals surface area contributed by atoms with Gasteiger partial charge in [-0.25, -0.2) is 4.79 Å². The number of ether oxygens (including phenoxy) is 1. The molecule has 0 bridgehead atoms. The van der Waals surface area contributed by atoms with Gasteiger partial charge in [0.05, 0.1) is 0 Å². The van der Waals surface area contributed by atoms with E-state index >= 15 is 0 Å². The highest BCUT2D eigenvalue weighted by molar-refractivity contribution is 5.81. The molecule has 122 valence electrons. The van der Waals surface area contributed by atoms with Gasteiger partial charge in [-0.3, -0.25) is 4.79 Å². The summed E-state index contributed by atoms with van der Waals surface area (Å²) in [6, 6.07) is 0. The molecular formula is C16H29NO4. The normalized spacial score (nSPS) is 16.9. The van der Waals surface area contributed by atoms with Crippen LogP contribution in [0.3, 0.4) is 0 Å². The summed E-state index contributed by atoms with van der Waals surface area (Å²) in [5, 5.41) is 8.71. The molecule has 0 aromatic rings. The Morgan fingerprint density at radius 2 is 1.76 bits per heavy atom. The van der Waals surface area contributed by atoms with Crippen LogP contribution in [0.4, 0.5) is 4.79 Å². The van der Waals surface area contributed by atoms with Crippen LogP contribution in [-0.2, 0) is 9.53 Å². The van der Waals surface area contributed by atoms with Crippen molar-refractivity contribution >= 4 is 11.9 Å². The molecule has 0 spiro atoms. The summed E-state index contributed by atoms with van der Waals surface area (Å²) < 4.78 is 5.34. The fourth-order valence-corrected chi connectivity index (χ4v) is 2.50. The predicted octanol–water partition coefficient (Wildman–Crippen LogP) is 2.76. The molecule has 1 saturated heterocycles. The number of aliphatic hydroxyl groups is 1. The number of nitrogens with zero attached hydrogens (tertiary/aromatic N) is 1. The Kier molecular flexibility index (Phi) is 7.15. The molecule has 1 N–H and O–H groups in total. The van der Waals surface area contributed by atoms with Crippen molar-refractivity contribution in [1.29, 1.82) is 0 Å². The third kappa shape index (κ3) is 6.93. The van der Waals surface area contributed by atoms with Crippen LogP contribution in [0.25, 0.3) is 0 Å². The van der Waals surface area contributed by atoms with Crippen LogP contribution in [-0.4, -0.2) is 47.2 Å². The number of ketones is 1. The van der Waals surface area contributed by atoms with Gasteiger partial charge in [0.2, 0.25) is 0 Å². The Bertz CT molecular complexity index is 341. The molecule has 0 atom stereocenters. The van der Waals surface area contributed by atoms with Gasteiger partial charge >= 0.3 is 6.09 Å². The maximum atomic E-state index is 12.1. The van der Waals surface area contributed by atoms with Gasteiger partial charge in [0.25, 0.3) is 0 Å². The van der Waals surface area contributed by atoms with Gasteiger partial charge in [-0.1, -0.05) is 6.42 Å². The minimum atomic E-state index is -0.476. The van der Waals surface area contributed by atoms with Gasteiger partial charge in [0, 0.05) is 32.0 Å². The molecule has 0 aromatic carbocycles. The number of rotatable bonds is 6. The van der Waals surface area contributed by atoms with Crippen molar-refractivity contribution in [1.82, 2.24) is 4.90 Å². The molecule has 1 fully saturated rings. The van der Waals surface area contributed by atoms with Gasteiger partial charge in [-0.05, 0) is 46.5 Å². The van der Waals surface area contributed by atoms with Crippen LogP contribution in [0.15, 0.2) is 0 Å². The van der Waals surface area contributed by atoms with E-state index in [0.717, 1.165) is 32.1 Å². The van der Waals surface area contributed by atoms with Crippen molar-refractivity contribution in [2.24, 2.45) is 5.92 Å². The first-order valence-electron chi connectivity index (χ1n) is 7.95. The number of carbonyl (C=O) groups excluding carboxylic acids is 2. The summed E-state index contributed by atoms with van der Waals surface area (Å²) in [7, 11) is 0. The first-order chi connectivity index (χ1) is 9.83. The molecule has 0 aliphatic carbocycles. The van der Waals surface area contributed by atoms with E-state index in [-0.39, 0.29) is 18.6 Å². The molecule has 1 amide bonds. The average molecular weight is 299 g/mol. The van der Waals surface area contributed by atoms with Crippen molar-refractivity contribution in [3.05, 3.63) is 0 Å². The molecule has 0 saturated carbocycles. The lowest BCUT2D eigenvalue weighted by molar-refractivity contribution is -0.124. The lowest BCUT2D eigenvalue weighted by Crippen LogP contribution is -2.42. The molecular weight excluding hydrogens is 270 g/mol. The minimum absolute atomic E-state index is 0.0813. The Morgan fingerprint density at radius 1 is 1.14 bits per heavy atom. The third-order valence-corrected chi connectivity index (χ3v) is 3.68. The van der Waals surface area contributed by atoms with Crippen molar-refractivity contribution in [3.8, 4) is 0 Å². The maximum Gasteiger partial charge on any atom is 0.410 e. The zero-order valence-corrected chi connectivity index (χ0v) is 13.6. The molecule has 1 heterocycles. The molecule has 1 rings (SSSR count). The zero-order valence-electron chi connectivity index (χ0n) is 13.6. The van der Waals surface area contributed by atoms with Crippen LogP contribution in [0.1, 0.15) is 59.3 Å². The van der Waals surface area contributed by atoms with Crippen LogP contribution in [0.2, 0.25) is 0 Å². The monoisotopic (exact) mass is 299 g/mol. The summed E-state index contributed by atoms with van der Waals surface area (Å²) in [4.78, 5) is 25.7. The SMILES string of the molecule is CC(C)(C)OC(=O)N1CCC(C(=O)CCCCCO)CC1. The smallest absolute Gasteiger partial charge is 0.410 e. The second kappa shape index (κ2) is 8.37. The third-order valence-electron chi connectivity index (χ3n) is 3.68. The van der Waals surface area contributed by atoms with E-state index in [1.54, 1.807) is 4.90 Å². The quantitative estimate of drug-likeness (QED) is 0.766. The van der Waals surface area contributed by atoms with Gasteiger partial charge in [-0.2, -0.15) is 0 Å². The molecule has 21 heavy (non-hydrogen) atoms. The van der Waals surface area contributed by atoms with E-state index in [9.17, 15) is 9.59 Å². The van der Waals surface area contributed by atoms with Crippen LogP contribution in [0.5, 0.6) is 0 Å². The van der Waals surface area contributed by atoms with Gasteiger partial charge < -0.3 is 14.7 Å². The molecule has 0 radical (unpaired) electrons. The lowest BCUT2D eigenvalue weighted by Gasteiger charge is -2.33. The first kappa shape index (κ1) is 18.0. The van der Waals surface area contributed by atoms with Gasteiger partial charge in [0.15, 0.2) is 0 Å². The maximum absolute atomic E-state index is 12.1. The Hall–Kier alpha value is -1.10. The summed E-state index contributed by atoms with van der Waals surface area (Å²) >= 11 is 0. The fraction of sp³-hybridized carbons (Fsp3) is 0.875. The van der Waals surface area contributed by atoms with Crippen LogP contribution >= 0.6 is 0 Å². The van der Waals surface area contributed by atoms with Crippen molar-refractivity contribution in [2.75, 3.05) is 19.7 Å². The number of piperidine rings is 1. The highest BCUT2D eigenvalue weighted by atomic mass is 16.6. The number of carbonyl (C=O) groups is 2. The summed E-state index contributed by atoms with van der Waals surface area (Å²) in [6.45, 7) is 6.96. The number of unbranched alkanes of at least 4 members (excludes halogenated alkanes) is 2. The summed E-state index contributed by atoms with van der Waals surface area (Å²) in [6.07, 6.45) is 4.30. The highest BCUT2D eigenvalue weighted by Crippen LogP contribution is 2.22. The number of hydrogen-bond donors (Lipinski definition) is 1. The largest absolute Gasteiger partial charge is 0.444 e. The topological polar surface area (TPSA) is 66.8 Å². The number of hydrogen-bond acceptors (Lipinski definition) is 4. The van der Waals surface area contributed by atoms with E-state index in [4.69, 9.17) is 9.84 Å². The van der Waals surface area contributed by atoms with Crippen molar-refractivity contribution in [3.63, 3.8) is 0 Å². The Balaban J connectivity index is 2.28. The second-order valence-electron chi connectivity index (χ2n) is 6.74. The number of likely N-dealkylation sites (tertiary alicyclic amines) is 1. The zero-order chi connectivity index (χ0) is 15.9. The predicted molar refractivity (Wildman–Crippen MR) is 81.1 cm³/mol. The molecule has 1 aliphatic rings. The summed E-state index contributed by atoms with van der Waals surface area (Å²) in [5.41, 5.74) is -0.476. The Morgan fingerprint density at radius 3 is 2.29 bits per heavy atom. The summed E-state index contributed by atoms with van der Waals surface area (Å²) in [5.74, 6) is 0.384. The lowest BCUT2D eigenvalue weighted by atomic mass is 9.90. The second-order valence-corrected chi connectivity index (χ2v) is 6.74. The van der Waals surface area contributed by atoms with E-state index < -0.39 is 5.60 Å². The minimum Gasteiger partial charge on any atom is -0.444 e. The highest BCUT2D eigenvalue weighted by Gasteiger charge is 2.29. The van der Waals surface area contributed by atoms with Crippen LogP contribution in [0, 0.1) is 5.92 Å². The first-order valence-corrected chi connectivity index (χ1v) is 7.95. The van der Waals surface area contributed by atoms with Crippen LogP contribution < -0.4 is 0 Å². The molecule has 0 aromatic heterocycles. The average Bonchev–Trinajstić information content (AvgIpc) is 2.41. The van der Waals surface area contributed by atoms with E-state index in [1.807, 2.05) is 20.8 Å². The Labute approximate surface area is 127 Å². The van der Waals surface area contributed by atoms with E-state index in [2.05, 4.69) is 0 Å². The molecule has 1 aliphatic heterocycles.